The third-order valence-corrected chi connectivity index (χ3v) is 5.83. The summed E-state index contributed by atoms with van der Waals surface area (Å²) < 4.78 is 20.2. The fourth-order valence-electron chi connectivity index (χ4n) is 4.31. The van der Waals surface area contributed by atoms with Gasteiger partial charge in [0.25, 0.3) is 5.91 Å². The van der Waals surface area contributed by atoms with E-state index in [0.29, 0.717) is 29.9 Å². The Morgan fingerprint density at radius 2 is 2.03 bits per heavy atom. The number of pyridine rings is 1. The van der Waals surface area contributed by atoms with Gasteiger partial charge >= 0.3 is 5.97 Å². The van der Waals surface area contributed by atoms with Crippen molar-refractivity contribution in [2.24, 2.45) is 5.92 Å². The molecule has 1 saturated heterocycles. The molecule has 1 fully saturated rings. The lowest BCUT2D eigenvalue weighted by Crippen LogP contribution is -2.46. The Morgan fingerprint density at radius 1 is 1.22 bits per heavy atom. The van der Waals surface area contributed by atoms with E-state index < -0.39 is 12.1 Å². The van der Waals surface area contributed by atoms with Gasteiger partial charge in [0, 0.05) is 42.7 Å². The first-order valence-corrected chi connectivity index (χ1v) is 10.7. The van der Waals surface area contributed by atoms with Gasteiger partial charge in [-0.05, 0) is 55.5 Å². The average Bonchev–Trinajstić information content (AvgIpc) is 2.78. The normalized spacial score (nSPS) is 17.2. The molecule has 0 aliphatic carbocycles. The number of halogens is 1. The molecule has 3 aromatic rings. The van der Waals surface area contributed by atoms with Gasteiger partial charge in [-0.25, -0.2) is 4.39 Å². The van der Waals surface area contributed by atoms with Crippen LogP contribution >= 0.6 is 0 Å². The van der Waals surface area contributed by atoms with Crippen LogP contribution in [0.5, 0.6) is 5.75 Å². The third kappa shape index (κ3) is 4.72. The molecule has 0 radical (unpaired) electrons. The van der Waals surface area contributed by atoms with Crippen LogP contribution in [0, 0.1) is 11.7 Å². The summed E-state index contributed by atoms with van der Waals surface area (Å²) in [5.74, 6) is -0.836. The molecule has 2 atom stereocenters. The summed E-state index contributed by atoms with van der Waals surface area (Å²) in [5.41, 5.74) is 1.88. The van der Waals surface area contributed by atoms with Crippen molar-refractivity contribution in [1.82, 2.24) is 9.88 Å². The highest BCUT2D eigenvalue weighted by Gasteiger charge is 2.29. The van der Waals surface area contributed by atoms with Gasteiger partial charge in [-0.1, -0.05) is 18.2 Å². The molecule has 4 rings (SSSR count). The van der Waals surface area contributed by atoms with E-state index in [1.807, 2.05) is 6.07 Å². The fraction of sp³-hybridized carbons (Fsp3) is 0.320. The number of likely N-dealkylation sites (tertiary alicyclic amines) is 1. The molecule has 1 aliphatic rings. The van der Waals surface area contributed by atoms with Crippen molar-refractivity contribution in [1.29, 1.82) is 0 Å². The molecule has 166 valence electrons. The minimum absolute atomic E-state index is 0.0286. The molecule has 1 aliphatic heterocycles. The summed E-state index contributed by atoms with van der Waals surface area (Å²) in [5, 5.41) is 9.82. The minimum atomic E-state index is -0.841. The van der Waals surface area contributed by atoms with Crippen LogP contribution in [0.1, 0.15) is 26.2 Å². The smallest absolute Gasteiger partial charge is 0.303 e. The van der Waals surface area contributed by atoms with Gasteiger partial charge in [-0.3, -0.25) is 14.6 Å². The molecule has 0 bridgehead atoms. The van der Waals surface area contributed by atoms with Crippen molar-refractivity contribution in [3.8, 4) is 16.9 Å². The standard InChI is InChI=1S/C25H25FN2O4/c1-16(25(31)28-12-4-5-17(15-28)13-24(29)30)32-18-8-9-21-19(10-11-27-23(21)14-18)20-6-2-3-7-22(20)26/h2-3,6-11,14,16-17H,4-5,12-13,15H2,1H3,(H,29,30)/t16?,17-/m1/s1. The van der Waals surface area contributed by atoms with Crippen LogP contribution in [0.3, 0.4) is 0 Å². The van der Waals surface area contributed by atoms with Gasteiger partial charge in [0.05, 0.1) is 5.52 Å². The number of piperidine rings is 1. The topological polar surface area (TPSA) is 79.7 Å². The number of hydrogen-bond donors (Lipinski definition) is 1. The van der Waals surface area contributed by atoms with Crippen LogP contribution < -0.4 is 4.74 Å². The molecule has 32 heavy (non-hydrogen) atoms. The second-order valence-corrected chi connectivity index (χ2v) is 8.17. The lowest BCUT2D eigenvalue weighted by atomic mass is 9.94. The molecule has 1 aromatic heterocycles. The van der Waals surface area contributed by atoms with Crippen LogP contribution in [-0.4, -0.2) is 46.1 Å². The molecule has 6 nitrogen and oxygen atoms in total. The fourth-order valence-corrected chi connectivity index (χ4v) is 4.31. The Kier molecular flexibility index (Phi) is 6.35. The molecular weight excluding hydrogens is 411 g/mol. The van der Waals surface area contributed by atoms with E-state index in [4.69, 9.17) is 9.84 Å². The van der Waals surface area contributed by atoms with Gasteiger partial charge < -0.3 is 14.7 Å². The summed E-state index contributed by atoms with van der Waals surface area (Å²) in [4.78, 5) is 30.0. The Bertz CT molecular complexity index is 1150. The molecule has 1 N–H and O–H groups in total. The summed E-state index contributed by atoms with van der Waals surface area (Å²) >= 11 is 0. The van der Waals surface area contributed by atoms with Crippen molar-refractivity contribution in [3.05, 3.63) is 60.5 Å². The predicted molar refractivity (Wildman–Crippen MR) is 119 cm³/mol. The number of carboxylic acids is 1. The maximum absolute atomic E-state index is 14.3. The molecule has 0 saturated carbocycles. The van der Waals surface area contributed by atoms with E-state index in [1.165, 1.54) is 6.07 Å². The van der Waals surface area contributed by atoms with E-state index in [9.17, 15) is 14.0 Å². The number of carbonyl (C=O) groups is 2. The van der Waals surface area contributed by atoms with Gasteiger partial charge in [0.15, 0.2) is 6.10 Å². The molecule has 2 aromatic carbocycles. The third-order valence-electron chi connectivity index (χ3n) is 5.83. The zero-order chi connectivity index (χ0) is 22.7. The summed E-state index contributed by atoms with van der Waals surface area (Å²) in [6.45, 7) is 2.73. The van der Waals surface area contributed by atoms with Gasteiger partial charge in [0.2, 0.25) is 0 Å². The first-order chi connectivity index (χ1) is 15.4. The predicted octanol–water partition coefficient (Wildman–Crippen LogP) is 4.52. The highest BCUT2D eigenvalue weighted by molar-refractivity contribution is 5.95. The second kappa shape index (κ2) is 9.34. The van der Waals surface area contributed by atoms with Crippen LogP contribution in [0.4, 0.5) is 4.39 Å². The SMILES string of the molecule is CC(Oc1ccc2c(-c3ccccc3F)ccnc2c1)C(=O)N1CCC[C@H](CC(=O)O)C1. The zero-order valence-electron chi connectivity index (χ0n) is 17.8. The zero-order valence-corrected chi connectivity index (χ0v) is 17.8. The number of carbonyl (C=O) groups excluding carboxylic acids is 1. The average molecular weight is 436 g/mol. The molecule has 1 amide bonds. The highest BCUT2D eigenvalue weighted by atomic mass is 19.1. The highest BCUT2D eigenvalue weighted by Crippen LogP contribution is 2.31. The largest absolute Gasteiger partial charge is 0.481 e. The number of rotatable bonds is 6. The van der Waals surface area contributed by atoms with Gasteiger partial charge in [-0.2, -0.15) is 0 Å². The maximum Gasteiger partial charge on any atom is 0.303 e. The maximum atomic E-state index is 14.3. The molecule has 1 unspecified atom stereocenters. The number of benzene rings is 2. The molecular formula is C25H25FN2O4. The lowest BCUT2D eigenvalue weighted by Gasteiger charge is -2.33. The van der Waals surface area contributed by atoms with Crippen LogP contribution in [0.15, 0.2) is 54.7 Å². The minimum Gasteiger partial charge on any atom is -0.481 e. The van der Waals surface area contributed by atoms with Crippen LogP contribution in [0.2, 0.25) is 0 Å². The summed E-state index contributed by atoms with van der Waals surface area (Å²) in [6, 6.07) is 13.7. The first-order valence-electron chi connectivity index (χ1n) is 10.7. The molecule has 0 spiro atoms. The van der Waals surface area contributed by atoms with Crippen LogP contribution in [0.25, 0.3) is 22.0 Å². The molecule has 2 heterocycles. The van der Waals surface area contributed by atoms with Gasteiger partial charge in [-0.15, -0.1) is 0 Å². The number of amides is 1. The summed E-state index contributed by atoms with van der Waals surface area (Å²) in [7, 11) is 0. The van der Waals surface area contributed by atoms with E-state index in [-0.39, 0.29) is 24.1 Å². The number of carboxylic acid groups (broad SMARTS) is 1. The number of ether oxygens (including phenoxy) is 1. The quantitative estimate of drug-likeness (QED) is 0.615. The van der Waals surface area contributed by atoms with Gasteiger partial charge in [0.1, 0.15) is 11.6 Å². The van der Waals surface area contributed by atoms with Crippen molar-refractivity contribution >= 4 is 22.8 Å². The van der Waals surface area contributed by atoms with E-state index in [0.717, 1.165) is 23.8 Å². The lowest BCUT2D eigenvalue weighted by molar-refractivity contribution is -0.143. The van der Waals surface area contributed by atoms with E-state index in [1.54, 1.807) is 54.4 Å². The van der Waals surface area contributed by atoms with E-state index in [2.05, 4.69) is 4.98 Å². The summed E-state index contributed by atoms with van der Waals surface area (Å²) in [6.07, 6.45) is 2.57. The Labute approximate surface area is 185 Å². The number of aliphatic carboxylic acids is 1. The second-order valence-electron chi connectivity index (χ2n) is 8.17. The number of fused-ring (bicyclic) bond motifs is 1. The van der Waals surface area contributed by atoms with Crippen LogP contribution in [-0.2, 0) is 9.59 Å². The van der Waals surface area contributed by atoms with Crippen molar-refractivity contribution in [2.45, 2.75) is 32.3 Å². The van der Waals surface area contributed by atoms with Crippen molar-refractivity contribution < 1.29 is 23.8 Å². The van der Waals surface area contributed by atoms with Crippen molar-refractivity contribution in [2.75, 3.05) is 13.1 Å². The first kappa shape index (κ1) is 21.7. The Morgan fingerprint density at radius 3 is 2.81 bits per heavy atom. The Balaban J connectivity index is 1.50. The van der Waals surface area contributed by atoms with Crippen molar-refractivity contribution in [3.63, 3.8) is 0 Å². The molecule has 7 heteroatoms. The number of nitrogens with zero attached hydrogens (tertiary/aromatic N) is 2. The Hall–Kier alpha value is -3.48. The number of aromatic nitrogens is 1. The number of hydrogen-bond acceptors (Lipinski definition) is 4. The van der Waals surface area contributed by atoms with E-state index >= 15 is 0 Å². The monoisotopic (exact) mass is 436 g/mol.